The maximum Gasteiger partial charge on any atom is 0.0558 e. The van der Waals surface area contributed by atoms with Crippen molar-refractivity contribution in [2.75, 3.05) is 92.1 Å². The van der Waals surface area contributed by atoms with E-state index in [1.165, 1.54) is 25.5 Å². The molecule has 0 amide bonds. The van der Waals surface area contributed by atoms with Crippen LogP contribution in [0.15, 0.2) is 0 Å². The van der Waals surface area contributed by atoms with Gasteiger partial charge in [-0.3, -0.25) is 0 Å². The van der Waals surface area contributed by atoms with Crippen LogP contribution in [0, 0.1) is 5.41 Å². The Kier molecular flexibility index (Phi) is 13.8. The summed E-state index contributed by atoms with van der Waals surface area (Å²) in [7, 11) is 2.07. The van der Waals surface area contributed by atoms with Crippen LogP contribution in [0.25, 0.3) is 0 Å². The number of hydrogen-bond acceptors (Lipinski definition) is 9. The maximum atomic E-state index is 7.15. The number of nitrogens with one attached hydrogen (secondary N) is 9. The summed E-state index contributed by atoms with van der Waals surface area (Å²) in [6, 6.07) is 0. The van der Waals surface area contributed by atoms with E-state index in [0.29, 0.717) is 0 Å². The highest BCUT2D eigenvalue weighted by molar-refractivity contribution is 5.52. The Morgan fingerprint density at radius 2 is 1.06 bits per heavy atom. The molecular weight excluding hydrogens is 390 g/mol. The first-order valence-corrected chi connectivity index (χ1v) is 12.4. The van der Waals surface area contributed by atoms with Crippen molar-refractivity contribution in [3.05, 3.63) is 0 Å². The standard InChI is InChI=1S/C22H49N9/c1-24-21-15-25-9-12-28-18-22(19-29-13-10-26-16-21,20-30-14-11-27-17-21)31-8-6-4-2-3-5-7-23/h7,23-31H,2-6,8-20H2,1H3. The third-order valence-corrected chi connectivity index (χ3v) is 6.52. The molecule has 3 fully saturated rings. The highest BCUT2D eigenvalue weighted by atomic mass is 15.2. The van der Waals surface area contributed by atoms with Crippen molar-refractivity contribution in [3.63, 3.8) is 0 Å². The van der Waals surface area contributed by atoms with Crippen LogP contribution >= 0.6 is 0 Å². The van der Waals surface area contributed by atoms with E-state index in [2.05, 4.69) is 49.6 Å². The molecule has 0 aliphatic carbocycles. The molecule has 0 saturated carbocycles. The minimum absolute atomic E-state index is 0.00206. The molecular formula is C22H49N9. The van der Waals surface area contributed by atoms with Crippen LogP contribution in [0.5, 0.6) is 0 Å². The lowest BCUT2D eigenvalue weighted by atomic mass is 9.97. The molecule has 0 aromatic carbocycles. The fourth-order valence-electron chi connectivity index (χ4n) is 4.40. The molecule has 0 aromatic heterocycles. The number of unbranched alkanes of at least 4 members (excludes halogenated alkanes) is 4. The van der Waals surface area contributed by atoms with Gasteiger partial charge in [0.1, 0.15) is 0 Å². The zero-order chi connectivity index (χ0) is 22.1. The number of likely N-dealkylation sites (N-methyl/N-ethyl adjacent to an activating group) is 1. The summed E-state index contributed by atoms with van der Waals surface area (Å²) >= 11 is 0. The zero-order valence-electron chi connectivity index (χ0n) is 19.8. The quantitative estimate of drug-likeness (QED) is 0.156. The summed E-state index contributed by atoms with van der Waals surface area (Å²) in [5.41, 5.74) is 0.0101. The van der Waals surface area contributed by atoms with Gasteiger partial charge in [0.15, 0.2) is 0 Å². The zero-order valence-corrected chi connectivity index (χ0v) is 19.8. The third kappa shape index (κ3) is 10.7. The smallest absolute Gasteiger partial charge is 0.0558 e. The van der Waals surface area contributed by atoms with E-state index in [4.69, 9.17) is 5.41 Å². The molecule has 3 aliphatic heterocycles. The summed E-state index contributed by atoms with van der Waals surface area (Å²) in [5.74, 6) is 0. The fraction of sp³-hybridized carbons (Fsp3) is 0.955. The summed E-state index contributed by atoms with van der Waals surface area (Å²) in [6.07, 6.45) is 7.23. The first-order valence-electron chi connectivity index (χ1n) is 12.4. The lowest BCUT2D eigenvalue weighted by Crippen LogP contribution is -2.66. The molecule has 3 rings (SSSR count). The summed E-state index contributed by atoms with van der Waals surface area (Å²) in [4.78, 5) is 0. The molecule has 9 nitrogen and oxygen atoms in total. The van der Waals surface area contributed by atoms with Crippen molar-refractivity contribution in [1.82, 2.24) is 42.5 Å². The number of hydrogen-bond donors (Lipinski definition) is 9. The van der Waals surface area contributed by atoms with E-state index >= 15 is 0 Å². The SMILES string of the molecule is CNC12CNCCNCC(NCCCCCCC=N)(CNCCNC1)CNCCNC2. The molecule has 9 heteroatoms. The second-order valence-corrected chi connectivity index (χ2v) is 9.21. The lowest BCUT2D eigenvalue weighted by molar-refractivity contribution is 0.260. The van der Waals surface area contributed by atoms with Crippen LogP contribution in [-0.2, 0) is 0 Å². The maximum absolute atomic E-state index is 7.15. The first-order chi connectivity index (χ1) is 15.2. The van der Waals surface area contributed by atoms with Crippen LogP contribution in [0.2, 0.25) is 0 Å². The molecule has 3 aliphatic rings. The van der Waals surface area contributed by atoms with Crippen molar-refractivity contribution in [2.24, 2.45) is 0 Å². The Labute approximate surface area is 189 Å². The van der Waals surface area contributed by atoms with E-state index in [9.17, 15) is 0 Å². The molecule has 2 bridgehead atoms. The Bertz CT molecular complexity index is 417. The van der Waals surface area contributed by atoms with Crippen molar-refractivity contribution < 1.29 is 0 Å². The van der Waals surface area contributed by atoms with Gasteiger partial charge in [0, 0.05) is 78.5 Å². The van der Waals surface area contributed by atoms with E-state index in [0.717, 1.165) is 97.9 Å². The van der Waals surface area contributed by atoms with E-state index in [-0.39, 0.29) is 11.1 Å². The minimum atomic E-state index is -0.00206. The van der Waals surface area contributed by atoms with Gasteiger partial charge in [-0.25, -0.2) is 0 Å². The predicted octanol–water partition coefficient (Wildman–Crippen LogP) is -1.56. The van der Waals surface area contributed by atoms with Gasteiger partial charge >= 0.3 is 0 Å². The second-order valence-electron chi connectivity index (χ2n) is 9.21. The molecule has 0 spiro atoms. The molecule has 0 unspecified atom stereocenters. The van der Waals surface area contributed by atoms with Gasteiger partial charge in [-0.05, 0) is 39.1 Å². The van der Waals surface area contributed by atoms with Crippen LogP contribution in [0.4, 0.5) is 0 Å². The van der Waals surface area contributed by atoms with Crippen molar-refractivity contribution in [2.45, 2.75) is 43.2 Å². The molecule has 31 heavy (non-hydrogen) atoms. The third-order valence-electron chi connectivity index (χ3n) is 6.52. The van der Waals surface area contributed by atoms with Gasteiger partial charge in [-0.15, -0.1) is 0 Å². The fourth-order valence-corrected chi connectivity index (χ4v) is 4.40. The van der Waals surface area contributed by atoms with Gasteiger partial charge in [0.25, 0.3) is 0 Å². The Morgan fingerprint density at radius 1 is 0.645 bits per heavy atom. The molecule has 0 atom stereocenters. The first kappa shape index (κ1) is 26.6. The summed E-state index contributed by atoms with van der Waals surface area (Å²) in [6.45, 7) is 12.5. The van der Waals surface area contributed by atoms with Crippen LogP contribution in [0.3, 0.4) is 0 Å². The molecule has 182 valence electrons. The van der Waals surface area contributed by atoms with E-state index in [1.807, 2.05) is 0 Å². The van der Waals surface area contributed by atoms with Gasteiger partial charge < -0.3 is 47.9 Å². The van der Waals surface area contributed by atoms with Gasteiger partial charge in [-0.2, -0.15) is 0 Å². The van der Waals surface area contributed by atoms with Gasteiger partial charge in [0.05, 0.1) is 11.1 Å². The average molecular weight is 440 g/mol. The highest BCUT2D eigenvalue weighted by Gasteiger charge is 2.30. The number of rotatable bonds is 9. The topological polar surface area (TPSA) is 120 Å². The Hall–Kier alpha value is -0.650. The average Bonchev–Trinajstić information content (AvgIpc) is 2.79. The second kappa shape index (κ2) is 16.0. The Balaban J connectivity index is 1.96. The number of fused-ring (bicyclic) bond motifs is 15. The van der Waals surface area contributed by atoms with Crippen LogP contribution in [0.1, 0.15) is 32.1 Å². The molecule has 0 aromatic rings. The minimum Gasteiger partial charge on any atom is -0.314 e. The molecule has 0 radical (unpaired) electrons. The normalized spacial score (nSPS) is 29.8. The van der Waals surface area contributed by atoms with Crippen LogP contribution < -0.4 is 42.5 Å². The summed E-state index contributed by atoms with van der Waals surface area (Å²) < 4.78 is 0. The van der Waals surface area contributed by atoms with Gasteiger partial charge in [-0.1, -0.05) is 12.8 Å². The van der Waals surface area contributed by atoms with Crippen molar-refractivity contribution in [3.8, 4) is 0 Å². The van der Waals surface area contributed by atoms with E-state index < -0.39 is 0 Å². The van der Waals surface area contributed by atoms with Gasteiger partial charge in [0.2, 0.25) is 0 Å². The molecule has 3 heterocycles. The van der Waals surface area contributed by atoms with Crippen molar-refractivity contribution in [1.29, 1.82) is 5.41 Å². The van der Waals surface area contributed by atoms with Crippen LogP contribution in [-0.4, -0.2) is 109 Å². The molecule has 9 N–H and O–H groups in total. The lowest BCUT2D eigenvalue weighted by Gasteiger charge is -2.38. The highest BCUT2D eigenvalue weighted by Crippen LogP contribution is 2.06. The largest absolute Gasteiger partial charge is 0.314 e. The Morgan fingerprint density at radius 3 is 1.48 bits per heavy atom. The summed E-state index contributed by atoms with van der Waals surface area (Å²) in [5, 5.41) is 36.7. The van der Waals surface area contributed by atoms with E-state index in [1.54, 1.807) is 0 Å². The molecule has 3 saturated heterocycles. The monoisotopic (exact) mass is 439 g/mol. The van der Waals surface area contributed by atoms with Crippen molar-refractivity contribution >= 4 is 6.21 Å². The predicted molar refractivity (Wildman–Crippen MR) is 132 cm³/mol.